The quantitative estimate of drug-likeness (QED) is 0.188. The Bertz CT molecular complexity index is 1150. The van der Waals surface area contributed by atoms with Crippen LogP contribution in [0.25, 0.3) is 0 Å². The van der Waals surface area contributed by atoms with Crippen molar-refractivity contribution >= 4 is 23.4 Å². The number of amides is 3. The van der Waals surface area contributed by atoms with Crippen LogP contribution in [0.1, 0.15) is 47.2 Å². The molecule has 9 nitrogen and oxygen atoms in total. The van der Waals surface area contributed by atoms with Crippen molar-refractivity contribution < 1.29 is 19.6 Å². The fourth-order valence-electron chi connectivity index (χ4n) is 4.96. The third kappa shape index (κ3) is 6.49. The summed E-state index contributed by atoms with van der Waals surface area (Å²) in [7, 11) is 0. The maximum Gasteiger partial charge on any atom is 0.267 e. The van der Waals surface area contributed by atoms with Crippen molar-refractivity contribution in [3.8, 4) is 11.8 Å². The van der Waals surface area contributed by atoms with Crippen molar-refractivity contribution in [1.82, 2.24) is 16.1 Å². The van der Waals surface area contributed by atoms with Gasteiger partial charge in [0.15, 0.2) is 0 Å². The van der Waals surface area contributed by atoms with E-state index in [-0.39, 0.29) is 12.5 Å². The van der Waals surface area contributed by atoms with Crippen molar-refractivity contribution in [2.75, 3.05) is 18.4 Å². The molecule has 0 aromatic heterocycles. The predicted molar refractivity (Wildman–Crippen MR) is 135 cm³/mol. The average Bonchev–Trinajstić information content (AvgIpc) is 3.53. The number of benzene rings is 2. The Hall–Kier alpha value is -3.71. The molecular weight excluding hydrogens is 458 g/mol. The van der Waals surface area contributed by atoms with Gasteiger partial charge >= 0.3 is 0 Å². The van der Waals surface area contributed by atoms with Gasteiger partial charge in [0.25, 0.3) is 11.8 Å². The van der Waals surface area contributed by atoms with E-state index in [1.807, 2.05) is 24.3 Å². The lowest BCUT2D eigenvalue weighted by Crippen LogP contribution is -2.50. The average molecular weight is 490 g/mol. The van der Waals surface area contributed by atoms with E-state index in [2.05, 4.69) is 27.8 Å². The summed E-state index contributed by atoms with van der Waals surface area (Å²) in [4.78, 5) is 36.0. The van der Waals surface area contributed by atoms with E-state index in [9.17, 15) is 14.4 Å². The topological polar surface area (TPSA) is 146 Å². The zero-order chi connectivity index (χ0) is 25.5. The summed E-state index contributed by atoms with van der Waals surface area (Å²) >= 11 is 0. The number of hydrogen-bond acceptors (Lipinski definition) is 6. The number of hydrogen-bond donors (Lipinski definition) is 6. The summed E-state index contributed by atoms with van der Waals surface area (Å²) in [5.41, 5.74) is 9.47. The lowest BCUT2D eigenvalue weighted by molar-refractivity contribution is -0.130. The zero-order valence-electron chi connectivity index (χ0n) is 19.9. The molecule has 2 aromatic carbocycles. The number of carbonyl (C=O) groups is 3. The second-order valence-electron chi connectivity index (χ2n) is 9.35. The van der Waals surface area contributed by atoms with Crippen LogP contribution in [-0.4, -0.2) is 48.1 Å². The van der Waals surface area contributed by atoms with Crippen molar-refractivity contribution in [3.05, 3.63) is 65.2 Å². The summed E-state index contributed by atoms with van der Waals surface area (Å²) in [6.07, 6.45) is 5.13. The monoisotopic (exact) mass is 489 g/mol. The van der Waals surface area contributed by atoms with Gasteiger partial charge in [-0.3, -0.25) is 19.6 Å². The van der Waals surface area contributed by atoms with Gasteiger partial charge in [-0.15, -0.1) is 0 Å². The Kier molecular flexibility index (Phi) is 8.33. The summed E-state index contributed by atoms with van der Waals surface area (Å²) in [6, 6.07) is 13.3. The zero-order valence-corrected chi connectivity index (χ0v) is 19.9. The third-order valence-corrected chi connectivity index (χ3v) is 6.90. The normalized spacial score (nSPS) is 20.7. The first kappa shape index (κ1) is 25.4. The molecule has 3 amide bonds. The molecule has 2 fully saturated rings. The summed E-state index contributed by atoms with van der Waals surface area (Å²) in [6.45, 7) is 0.174. The van der Waals surface area contributed by atoms with Crippen LogP contribution in [0.3, 0.4) is 0 Å². The molecule has 4 atom stereocenters. The predicted octanol–water partition coefficient (Wildman–Crippen LogP) is 1.37. The van der Waals surface area contributed by atoms with E-state index in [0.29, 0.717) is 23.7 Å². The Morgan fingerprint density at radius 1 is 0.972 bits per heavy atom. The first-order valence-electron chi connectivity index (χ1n) is 12.2. The van der Waals surface area contributed by atoms with Crippen LogP contribution in [-0.2, 0) is 9.59 Å². The molecule has 9 heteroatoms. The molecule has 0 radical (unpaired) electrons. The summed E-state index contributed by atoms with van der Waals surface area (Å²) in [5.74, 6) is 6.35. The second-order valence-corrected chi connectivity index (χ2v) is 9.35. The minimum absolute atomic E-state index is 0.0458. The third-order valence-electron chi connectivity index (χ3n) is 6.90. The largest absolute Gasteiger partial charge is 0.339 e. The molecule has 2 bridgehead atoms. The maximum atomic E-state index is 12.3. The standard InChI is InChI=1S/C27H31N5O4/c28-15-24(27(35)32-36)31-26(34)20-8-3-17(4-9-20)1-2-18-6-11-22(12-7-18)30-25(33)16-29-23-14-19-5-10-21(23)13-19/h3-4,6-9,11-12,19,21,23-24,29,36H,5,10,13-16,28H2,(H,30,33)(H,31,34)(H,32,35)/t19?,21-,23-,24+/m1/s1. The van der Waals surface area contributed by atoms with Gasteiger partial charge in [0.1, 0.15) is 6.04 Å². The van der Waals surface area contributed by atoms with E-state index in [1.165, 1.54) is 31.2 Å². The fraction of sp³-hybridized carbons (Fsp3) is 0.370. The van der Waals surface area contributed by atoms with E-state index in [1.54, 1.807) is 24.3 Å². The van der Waals surface area contributed by atoms with Gasteiger partial charge in [-0.05, 0) is 79.6 Å². The molecule has 2 aromatic rings. The smallest absolute Gasteiger partial charge is 0.267 e. The highest BCUT2D eigenvalue weighted by Gasteiger charge is 2.39. The van der Waals surface area contributed by atoms with E-state index in [4.69, 9.17) is 10.9 Å². The van der Waals surface area contributed by atoms with Gasteiger partial charge in [-0.25, -0.2) is 5.48 Å². The van der Waals surface area contributed by atoms with Crippen molar-refractivity contribution in [1.29, 1.82) is 0 Å². The molecule has 188 valence electrons. The minimum Gasteiger partial charge on any atom is -0.339 e. The van der Waals surface area contributed by atoms with E-state index < -0.39 is 17.9 Å². The van der Waals surface area contributed by atoms with E-state index >= 15 is 0 Å². The van der Waals surface area contributed by atoms with Gasteiger partial charge in [-0.2, -0.15) is 0 Å². The second kappa shape index (κ2) is 11.8. The first-order chi connectivity index (χ1) is 17.4. The molecule has 36 heavy (non-hydrogen) atoms. The Balaban J connectivity index is 1.26. The van der Waals surface area contributed by atoms with Crippen LogP contribution in [0.2, 0.25) is 0 Å². The van der Waals surface area contributed by atoms with Crippen molar-refractivity contribution in [2.45, 2.75) is 37.8 Å². The van der Waals surface area contributed by atoms with Crippen LogP contribution < -0.4 is 27.2 Å². The molecular formula is C27H31N5O4. The van der Waals surface area contributed by atoms with Crippen LogP contribution in [0.4, 0.5) is 5.69 Å². The number of fused-ring (bicyclic) bond motifs is 2. The molecule has 0 saturated heterocycles. The Morgan fingerprint density at radius 2 is 1.64 bits per heavy atom. The van der Waals surface area contributed by atoms with Crippen LogP contribution in [0.15, 0.2) is 48.5 Å². The summed E-state index contributed by atoms with van der Waals surface area (Å²) in [5, 5.41) is 17.5. The molecule has 2 saturated carbocycles. The maximum absolute atomic E-state index is 12.3. The number of nitrogens with two attached hydrogens (primary N) is 1. The molecule has 0 heterocycles. The van der Waals surface area contributed by atoms with Crippen molar-refractivity contribution in [3.63, 3.8) is 0 Å². The molecule has 2 aliphatic rings. The van der Waals surface area contributed by atoms with Gasteiger partial charge in [-0.1, -0.05) is 18.3 Å². The number of hydroxylamine groups is 1. The van der Waals surface area contributed by atoms with Gasteiger partial charge < -0.3 is 21.7 Å². The van der Waals surface area contributed by atoms with Crippen LogP contribution in [0.5, 0.6) is 0 Å². The molecule has 0 spiro atoms. The SMILES string of the molecule is NC[C@H](NC(=O)c1ccc(C#Cc2ccc(NC(=O)CN[C@@H]3CC4CC[C@@H]3C4)cc2)cc1)C(=O)NO. The molecule has 0 aliphatic heterocycles. The van der Waals surface area contributed by atoms with E-state index in [0.717, 1.165) is 23.1 Å². The molecule has 1 unspecified atom stereocenters. The molecule has 4 rings (SSSR count). The Morgan fingerprint density at radius 3 is 2.19 bits per heavy atom. The lowest BCUT2D eigenvalue weighted by atomic mass is 9.95. The lowest BCUT2D eigenvalue weighted by Gasteiger charge is -2.22. The Labute approximate surface area is 210 Å². The highest BCUT2D eigenvalue weighted by Crippen LogP contribution is 2.44. The highest BCUT2D eigenvalue weighted by molar-refractivity contribution is 5.97. The van der Waals surface area contributed by atoms with Gasteiger partial charge in [0.05, 0.1) is 6.54 Å². The number of carbonyl (C=O) groups excluding carboxylic acids is 3. The minimum atomic E-state index is -1.03. The van der Waals surface area contributed by atoms with Crippen LogP contribution in [0, 0.1) is 23.7 Å². The molecule has 2 aliphatic carbocycles. The highest BCUT2D eigenvalue weighted by atomic mass is 16.5. The number of rotatable bonds is 8. The van der Waals surface area contributed by atoms with Gasteiger partial charge in [0, 0.05) is 35.0 Å². The fourth-order valence-corrected chi connectivity index (χ4v) is 4.96. The first-order valence-corrected chi connectivity index (χ1v) is 12.2. The molecule has 7 N–H and O–H groups in total. The summed E-state index contributed by atoms with van der Waals surface area (Å²) < 4.78 is 0. The van der Waals surface area contributed by atoms with Crippen molar-refractivity contribution in [2.24, 2.45) is 17.6 Å². The number of anilines is 1. The van der Waals surface area contributed by atoms with Gasteiger partial charge in [0.2, 0.25) is 5.91 Å². The van der Waals surface area contributed by atoms with Crippen LogP contribution >= 0.6 is 0 Å². The number of nitrogens with one attached hydrogen (secondary N) is 4.